The second kappa shape index (κ2) is 9.77. The highest BCUT2D eigenvalue weighted by Crippen LogP contribution is 2.31. The molecular formula is C19H27F3N4O2. The van der Waals surface area contributed by atoms with E-state index in [0.29, 0.717) is 45.0 Å². The van der Waals surface area contributed by atoms with Gasteiger partial charge < -0.3 is 15.1 Å². The highest BCUT2D eigenvalue weighted by molar-refractivity contribution is 5.85. The number of nitrogens with zero attached hydrogens (tertiary/aromatic N) is 3. The summed E-state index contributed by atoms with van der Waals surface area (Å²) >= 11 is 0. The predicted octanol–water partition coefficient (Wildman–Crippen LogP) is 1.81. The average molecular weight is 400 g/mol. The maximum absolute atomic E-state index is 12.9. The lowest BCUT2D eigenvalue weighted by atomic mass is 10.1. The van der Waals surface area contributed by atoms with E-state index in [4.69, 9.17) is 0 Å². The van der Waals surface area contributed by atoms with Crippen molar-refractivity contribution in [2.75, 3.05) is 57.3 Å². The fourth-order valence-corrected chi connectivity index (χ4v) is 3.14. The normalized spacial score (nSPS) is 15.4. The van der Waals surface area contributed by atoms with Gasteiger partial charge in [-0.05, 0) is 32.0 Å². The minimum atomic E-state index is -4.36. The number of likely N-dealkylation sites (N-methyl/N-ethyl adjacent to an activating group) is 2. The van der Waals surface area contributed by atoms with E-state index in [1.165, 1.54) is 11.0 Å². The first-order valence-corrected chi connectivity index (χ1v) is 9.43. The van der Waals surface area contributed by atoms with Gasteiger partial charge in [0.15, 0.2) is 0 Å². The van der Waals surface area contributed by atoms with Crippen molar-refractivity contribution in [3.63, 3.8) is 0 Å². The highest BCUT2D eigenvalue weighted by atomic mass is 19.4. The second-order valence-electron chi connectivity index (χ2n) is 6.67. The number of carbonyl (C=O) groups is 2. The third kappa shape index (κ3) is 6.12. The average Bonchev–Trinajstić information content (AvgIpc) is 2.66. The molecule has 1 aliphatic heterocycles. The zero-order valence-corrected chi connectivity index (χ0v) is 16.3. The van der Waals surface area contributed by atoms with Crippen LogP contribution in [0.5, 0.6) is 0 Å². The van der Waals surface area contributed by atoms with E-state index in [0.717, 1.165) is 12.1 Å². The van der Waals surface area contributed by atoms with Crippen molar-refractivity contribution < 1.29 is 22.8 Å². The molecular weight excluding hydrogens is 373 g/mol. The number of nitrogens with one attached hydrogen (secondary N) is 1. The minimum Gasteiger partial charge on any atom is -0.369 e. The second-order valence-corrected chi connectivity index (χ2v) is 6.67. The van der Waals surface area contributed by atoms with Crippen LogP contribution in [0.2, 0.25) is 0 Å². The van der Waals surface area contributed by atoms with Crippen LogP contribution in [-0.2, 0) is 15.8 Å². The molecule has 0 aliphatic carbocycles. The molecule has 0 unspecified atom stereocenters. The summed E-state index contributed by atoms with van der Waals surface area (Å²) < 4.78 is 38.7. The summed E-state index contributed by atoms with van der Waals surface area (Å²) in [6.45, 7) is 7.05. The Kier molecular flexibility index (Phi) is 7.68. The van der Waals surface area contributed by atoms with Gasteiger partial charge in [0, 0.05) is 45.0 Å². The van der Waals surface area contributed by atoms with Gasteiger partial charge in [-0.1, -0.05) is 6.07 Å². The number of halogens is 3. The van der Waals surface area contributed by atoms with Crippen molar-refractivity contribution >= 4 is 17.5 Å². The molecule has 1 heterocycles. The first-order chi connectivity index (χ1) is 13.2. The molecule has 1 saturated heterocycles. The molecule has 2 amide bonds. The third-order valence-corrected chi connectivity index (χ3v) is 4.71. The van der Waals surface area contributed by atoms with Crippen molar-refractivity contribution in [3.8, 4) is 0 Å². The molecule has 6 nitrogen and oxygen atoms in total. The summed E-state index contributed by atoms with van der Waals surface area (Å²) in [5.74, 6) is -0.312. The molecule has 2 rings (SSSR count). The summed E-state index contributed by atoms with van der Waals surface area (Å²) in [4.78, 5) is 29.5. The molecule has 1 aliphatic rings. The minimum absolute atomic E-state index is 0.0351. The Morgan fingerprint density at radius 2 is 1.82 bits per heavy atom. The van der Waals surface area contributed by atoms with Gasteiger partial charge in [-0.15, -0.1) is 0 Å². The molecule has 0 radical (unpaired) electrons. The predicted molar refractivity (Wildman–Crippen MR) is 101 cm³/mol. The van der Waals surface area contributed by atoms with Gasteiger partial charge in [-0.3, -0.25) is 14.5 Å². The first kappa shape index (κ1) is 22.0. The number of alkyl halides is 3. The molecule has 0 atom stereocenters. The number of piperazine rings is 1. The summed E-state index contributed by atoms with van der Waals surface area (Å²) in [6, 6.07) is 5.30. The van der Waals surface area contributed by atoms with Crippen molar-refractivity contribution in [2.24, 2.45) is 0 Å². The van der Waals surface area contributed by atoms with Crippen molar-refractivity contribution in [1.82, 2.24) is 15.1 Å². The number of rotatable bonds is 7. The summed E-state index contributed by atoms with van der Waals surface area (Å²) in [5.41, 5.74) is -0.126. The fraction of sp³-hybridized carbons (Fsp3) is 0.579. The van der Waals surface area contributed by atoms with Gasteiger partial charge in [-0.25, -0.2) is 0 Å². The van der Waals surface area contributed by atoms with Gasteiger partial charge in [0.05, 0.1) is 18.7 Å². The van der Waals surface area contributed by atoms with E-state index in [1.54, 1.807) is 6.07 Å². The molecule has 1 aromatic carbocycles. The van der Waals surface area contributed by atoms with Crippen molar-refractivity contribution in [3.05, 3.63) is 29.8 Å². The summed E-state index contributed by atoms with van der Waals surface area (Å²) in [6.07, 6.45) is -4.36. The maximum Gasteiger partial charge on any atom is 0.416 e. The van der Waals surface area contributed by atoms with E-state index < -0.39 is 11.7 Å². The van der Waals surface area contributed by atoms with Crippen LogP contribution in [-0.4, -0.2) is 74.0 Å². The van der Waals surface area contributed by atoms with E-state index in [9.17, 15) is 22.8 Å². The van der Waals surface area contributed by atoms with Crippen LogP contribution in [0.1, 0.15) is 19.4 Å². The first-order valence-electron chi connectivity index (χ1n) is 9.43. The Balaban J connectivity index is 1.88. The van der Waals surface area contributed by atoms with E-state index in [-0.39, 0.29) is 24.9 Å². The Morgan fingerprint density at radius 1 is 1.14 bits per heavy atom. The van der Waals surface area contributed by atoms with E-state index in [1.807, 2.05) is 23.6 Å². The number of anilines is 1. The van der Waals surface area contributed by atoms with Crippen LogP contribution >= 0.6 is 0 Å². The van der Waals surface area contributed by atoms with Gasteiger partial charge in [0.2, 0.25) is 11.8 Å². The molecule has 1 fully saturated rings. The zero-order chi connectivity index (χ0) is 20.7. The van der Waals surface area contributed by atoms with Gasteiger partial charge in [-0.2, -0.15) is 13.2 Å². The topological polar surface area (TPSA) is 55.9 Å². The molecule has 1 N–H and O–H groups in total. The quantitative estimate of drug-likeness (QED) is 0.759. The highest BCUT2D eigenvalue weighted by Gasteiger charge is 2.31. The molecule has 156 valence electrons. The van der Waals surface area contributed by atoms with Crippen LogP contribution in [0.25, 0.3) is 0 Å². The number of hydrogen-bond donors (Lipinski definition) is 1. The lowest BCUT2D eigenvalue weighted by Crippen LogP contribution is -2.51. The van der Waals surface area contributed by atoms with Crippen LogP contribution in [0.15, 0.2) is 24.3 Å². The van der Waals surface area contributed by atoms with Gasteiger partial charge >= 0.3 is 6.18 Å². The number of carbonyl (C=O) groups excluding carboxylic acids is 2. The Morgan fingerprint density at radius 3 is 2.39 bits per heavy atom. The molecule has 9 heteroatoms. The molecule has 28 heavy (non-hydrogen) atoms. The SMILES string of the molecule is CCNC(=O)CN(CC)C(=O)CN1CCN(c2cccc(C(F)(F)F)c2)CC1. The van der Waals surface area contributed by atoms with Crippen molar-refractivity contribution in [2.45, 2.75) is 20.0 Å². The Labute approximate surface area is 163 Å². The number of hydrogen-bond acceptors (Lipinski definition) is 4. The van der Waals surface area contributed by atoms with Crippen LogP contribution < -0.4 is 10.2 Å². The third-order valence-electron chi connectivity index (χ3n) is 4.71. The Bertz CT molecular complexity index is 673. The van der Waals surface area contributed by atoms with Gasteiger partial charge in [0.25, 0.3) is 0 Å². The Hall–Kier alpha value is -2.29. The fourth-order valence-electron chi connectivity index (χ4n) is 3.14. The maximum atomic E-state index is 12.9. The standard InChI is InChI=1S/C19H27F3N4O2/c1-3-23-17(27)13-25(4-2)18(28)14-24-8-10-26(11-9-24)16-7-5-6-15(12-16)19(20,21)22/h5-7,12H,3-4,8-11,13-14H2,1-2H3,(H,23,27). The lowest BCUT2D eigenvalue weighted by molar-refractivity contribution is -0.137. The number of amides is 2. The monoisotopic (exact) mass is 400 g/mol. The van der Waals surface area contributed by atoms with Gasteiger partial charge in [0.1, 0.15) is 0 Å². The number of benzene rings is 1. The van der Waals surface area contributed by atoms with E-state index >= 15 is 0 Å². The van der Waals surface area contributed by atoms with Crippen LogP contribution in [0, 0.1) is 0 Å². The van der Waals surface area contributed by atoms with Crippen LogP contribution in [0.3, 0.4) is 0 Å². The van der Waals surface area contributed by atoms with Crippen LogP contribution in [0.4, 0.5) is 18.9 Å². The van der Waals surface area contributed by atoms with Crippen molar-refractivity contribution in [1.29, 1.82) is 0 Å². The summed E-state index contributed by atoms with van der Waals surface area (Å²) in [5, 5.41) is 2.67. The van der Waals surface area contributed by atoms with E-state index in [2.05, 4.69) is 5.32 Å². The lowest BCUT2D eigenvalue weighted by Gasteiger charge is -2.36. The molecule has 1 aromatic rings. The smallest absolute Gasteiger partial charge is 0.369 e. The molecule has 0 bridgehead atoms. The molecule has 0 saturated carbocycles. The molecule has 0 spiro atoms. The summed E-state index contributed by atoms with van der Waals surface area (Å²) in [7, 11) is 0. The zero-order valence-electron chi connectivity index (χ0n) is 16.3. The largest absolute Gasteiger partial charge is 0.416 e. The molecule has 0 aromatic heterocycles.